The molecule has 5 heteroatoms. The first-order valence-corrected chi connectivity index (χ1v) is 5.49. The molecule has 96 valence electrons. The fraction of sp³-hybridized carbons (Fsp3) is 0.500. The Morgan fingerprint density at radius 1 is 1.18 bits per heavy atom. The maximum Gasteiger partial charge on any atom is 0.573 e. The van der Waals surface area contributed by atoms with Gasteiger partial charge in [-0.3, -0.25) is 0 Å². The molecule has 0 bridgehead atoms. The number of alkyl halides is 3. The summed E-state index contributed by atoms with van der Waals surface area (Å²) in [6.45, 7) is 6.13. The molecule has 0 atom stereocenters. The van der Waals surface area contributed by atoms with Gasteiger partial charge in [0.05, 0.1) is 5.02 Å². The van der Waals surface area contributed by atoms with Gasteiger partial charge in [-0.25, -0.2) is 0 Å². The first-order valence-electron chi connectivity index (χ1n) is 5.11. The molecule has 0 spiro atoms. The highest BCUT2D eigenvalue weighted by Crippen LogP contribution is 2.32. The van der Waals surface area contributed by atoms with Gasteiger partial charge in [-0.1, -0.05) is 38.4 Å². The van der Waals surface area contributed by atoms with Gasteiger partial charge in [-0.05, 0) is 29.5 Å². The van der Waals surface area contributed by atoms with Crippen LogP contribution < -0.4 is 4.74 Å². The van der Waals surface area contributed by atoms with E-state index in [0.29, 0.717) is 0 Å². The fourth-order valence-corrected chi connectivity index (χ4v) is 1.72. The number of rotatable bonds is 2. The lowest BCUT2D eigenvalue weighted by molar-refractivity contribution is -0.274. The molecule has 0 aliphatic carbocycles. The van der Waals surface area contributed by atoms with E-state index in [4.69, 9.17) is 11.6 Å². The van der Waals surface area contributed by atoms with Crippen molar-refractivity contribution in [1.82, 2.24) is 0 Å². The highest BCUT2D eigenvalue weighted by atomic mass is 35.5. The number of benzene rings is 1. The fourth-order valence-electron chi connectivity index (χ4n) is 1.47. The minimum Gasteiger partial charge on any atom is -0.404 e. The summed E-state index contributed by atoms with van der Waals surface area (Å²) in [6.07, 6.45) is -3.98. The van der Waals surface area contributed by atoms with Crippen LogP contribution in [0.2, 0.25) is 5.02 Å². The normalized spacial score (nSPS) is 12.6. The highest BCUT2D eigenvalue weighted by Gasteiger charge is 2.32. The van der Waals surface area contributed by atoms with Gasteiger partial charge in [0.25, 0.3) is 0 Å². The Balaban J connectivity index is 2.87. The lowest BCUT2D eigenvalue weighted by atomic mass is 9.88. The molecule has 0 amide bonds. The SMILES string of the molecule is CC(C)(C)Cc1ccc(OC(F)(F)F)c(Cl)c1. The Hall–Kier alpha value is -0.900. The van der Waals surface area contributed by atoms with Crippen LogP contribution in [0.4, 0.5) is 13.2 Å². The zero-order valence-corrected chi connectivity index (χ0v) is 10.6. The predicted molar refractivity (Wildman–Crippen MR) is 61.3 cm³/mol. The Morgan fingerprint density at radius 3 is 2.18 bits per heavy atom. The minimum atomic E-state index is -4.71. The molecule has 0 aliphatic rings. The number of hydrogen-bond donors (Lipinski definition) is 0. The third kappa shape index (κ3) is 5.31. The summed E-state index contributed by atoms with van der Waals surface area (Å²) in [7, 11) is 0. The zero-order valence-electron chi connectivity index (χ0n) is 9.86. The van der Waals surface area contributed by atoms with Gasteiger partial charge in [-0.15, -0.1) is 13.2 Å². The standard InChI is InChI=1S/C12H14ClF3O/c1-11(2,3)7-8-4-5-10(9(13)6-8)17-12(14,15)16/h4-6H,7H2,1-3H3. The number of ether oxygens (including phenoxy) is 1. The highest BCUT2D eigenvalue weighted by molar-refractivity contribution is 6.32. The number of halogens is 4. The van der Waals surface area contributed by atoms with Gasteiger partial charge in [0.1, 0.15) is 5.75 Å². The van der Waals surface area contributed by atoms with Crippen molar-refractivity contribution in [2.45, 2.75) is 33.6 Å². The smallest absolute Gasteiger partial charge is 0.404 e. The summed E-state index contributed by atoms with van der Waals surface area (Å²) >= 11 is 5.74. The maximum atomic E-state index is 12.0. The van der Waals surface area contributed by atoms with Crippen LogP contribution >= 0.6 is 11.6 Å². The second kappa shape index (κ2) is 4.77. The number of hydrogen-bond acceptors (Lipinski definition) is 1. The topological polar surface area (TPSA) is 9.23 Å². The van der Waals surface area contributed by atoms with Crippen molar-refractivity contribution in [1.29, 1.82) is 0 Å². The van der Waals surface area contributed by atoms with Crippen LogP contribution in [0.3, 0.4) is 0 Å². The second-order valence-corrected chi connectivity index (χ2v) is 5.46. The predicted octanol–water partition coefficient (Wildman–Crippen LogP) is 4.83. The van der Waals surface area contributed by atoms with Gasteiger partial charge < -0.3 is 4.74 Å². The molecule has 1 aromatic rings. The van der Waals surface area contributed by atoms with E-state index in [1.165, 1.54) is 12.1 Å². The van der Waals surface area contributed by atoms with Gasteiger partial charge in [0.15, 0.2) is 0 Å². The van der Waals surface area contributed by atoms with Crippen LogP contribution in [0.25, 0.3) is 0 Å². The minimum absolute atomic E-state index is 0.0240. The summed E-state index contributed by atoms with van der Waals surface area (Å²) in [5.41, 5.74) is 0.937. The van der Waals surface area contributed by atoms with Crippen LogP contribution in [0, 0.1) is 5.41 Å². The van der Waals surface area contributed by atoms with Crippen molar-refractivity contribution >= 4 is 11.6 Å². The molecule has 1 aromatic carbocycles. The quantitative estimate of drug-likeness (QED) is 0.745. The molecule has 0 saturated carbocycles. The van der Waals surface area contributed by atoms with E-state index in [-0.39, 0.29) is 16.2 Å². The average molecular weight is 267 g/mol. The van der Waals surface area contributed by atoms with Gasteiger partial charge in [0, 0.05) is 0 Å². The monoisotopic (exact) mass is 266 g/mol. The first kappa shape index (κ1) is 14.2. The van der Waals surface area contributed by atoms with Crippen molar-refractivity contribution in [3.8, 4) is 5.75 Å². The van der Waals surface area contributed by atoms with Crippen molar-refractivity contribution in [3.05, 3.63) is 28.8 Å². The molecule has 0 aromatic heterocycles. The zero-order chi connectivity index (χ0) is 13.3. The van der Waals surface area contributed by atoms with Crippen molar-refractivity contribution < 1.29 is 17.9 Å². The summed E-state index contributed by atoms with van der Waals surface area (Å²) < 4.78 is 39.8. The molecule has 0 saturated heterocycles. The molecule has 1 rings (SSSR count). The van der Waals surface area contributed by atoms with E-state index in [2.05, 4.69) is 4.74 Å². The Labute approximate surface area is 104 Å². The van der Waals surface area contributed by atoms with E-state index in [9.17, 15) is 13.2 Å². The van der Waals surface area contributed by atoms with E-state index in [1.807, 2.05) is 20.8 Å². The Bertz CT molecular complexity index is 394. The Morgan fingerprint density at radius 2 is 1.76 bits per heavy atom. The van der Waals surface area contributed by atoms with E-state index < -0.39 is 6.36 Å². The second-order valence-electron chi connectivity index (χ2n) is 5.05. The molecule has 0 radical (unpaired) electrons. The third-order valence-corrected chi connectivity index (χ3v) is 2.25. The molecular formula is C12H14ClF3O. The molecule has 1 nitrogen and oxygen atoms in total. The molecule has 0 heterocycles. The van der Waals surface area contributed by atoms with Gasteiger partial charge in [0.2, 0.25) is 0 Å². The van der Waals surface area contributed by atoms with Gasteiger partial charge in [-0.2, -0.15) is 0 Å². The van der Waals surface area contributed by atoms with Crippen LogP contribution in [-0.2, 0) is 6.42 Å². The summed E-state index contributed by atoms with van der Waals surface area (Å²) in [5, 5.41) is -0.0240. The molecule has 0 aliphatic heterocycles. The van der Waals surface area contributed by atoms with Crippen molar-refractivity contribution in [2.75, 3.05) is 0 Å². The summed E-state index contributed by atoms with van der Waals surface area (Å²) in [4.78, 5) is 0. The molecule has 17 heavy (non-hydrogen) atoms. The van der Waals surface area contributed by atoms with E-state index in [0.717, 1.165) is 12.0 Å². The van der Waals surface area contributed by atoms with Crippen LogP contribution in [0.1, 0.15) is 26.3 Å². The average Bonchev–Trinajstić information content (AvgIpc) is 2.05. The molecule has 0 N–H and O–H groups in total. The first-order chi connectivity index (χ1) is 7.57. The van der Waals surface area contributed by atoms with E-state index >= 15 is 0 Å². The van der Waals surface area contributed by atoms with Crippen molar-refractivity contribution in [2.24, 2.45) is 5.41 Å². The van der Waals surface area contributed by atoms with Crippen LogP contribution in [0.5, 0.6) is 5.75 Å². The molecular weight excluding hydrogens is 253 g/mol. The van der Waals surface area contributed by atoms with E-state index in [1.54, 1.807) is 6.07 Å². The third-order valence-electron chi connectivity index (χ3n) is 1.96. The Kier molecular flexibility index (Phi) is 3.97. The lowest BCUT2D eigenvalue weighted by Gasteiger charge is -2.19. The van der Waals surface area contributed by atoms with Crippen molar-refractivity contribution in [3.63, 3.8) is 0 Å². The van der Waals surface area contributed by atoms with Crippen LogP contribution in [0.15, 0.2) is 18.2 Å². The summed E-state index contributed by atoms with van der Waals surface area (Å²) in [5.74, 6) is -0.364. The maximum absolute atomic E-state index is 12.0. The van der Waals surface area contributed by atoms with Gasteiger partial charge >= 0.3 is 6.36 Å². The largest absolute Gasteiger partial charge is 0.573 e. The molecule has 0 fully saturated rings. The molecule has 0 unspecified atom stereocenters. The lowest BCUT2D eigenvalue weighted by Crippen LogP contribution is -2.17. The van der Waals surface area contributed by atoms with Crippen LogP contribution in [-0.4, -0.2) is 6.36 Å². The summed E-state index contributed by atoms with van der Waals surface area (Å²) in [6, 6.07) is 4.35.